The Morgan fingerprint density at radius 1 is 0.192 bits per heavy atom. The standard InChI is InChI=1S/C52H34/c1-4-10-43-31-46(25-19-35(43)7-1)38-13-15-40(16-14-38)48-27-22-41-29-30-50(49-28-21-37-9-3-6-12-45(37)33-49)52(51(41)34-48)42-23-17-39(18-24-42)47-26-20-36-8-2-5-11-44(36)32-47/h1-34H. The monoisotopic (exact) mass is 658 g/mol. The Balaban J connectivity index is 1.09. The Labute approximate surface area is 303 Å². The van der Waals surface area contributed by atoms with Crippen LogP contribution in [0.2, 0.25) is 0 Å². The minimum absolute atomic E-state index is 1.21. The topological polar surface area (TPSA) is 0 Å². The molecule has 0 aromatic heterocycles. The quantitative estimate of drug-likeness (QED) is 0.173. The summed E-state index contributed by atoms with van der Waals surface area (Å²) in [5, 5.41) is 10.0. The van der Waals surface area contributed by atoms with E-state index in [1.165, 1.54) is 98.7 Å². The normalized spacial score (nSPS) is 11.5. The molecular formula is C52H34. The molecule has 52 heavy (non-hydrogen) atoms. The van der Waals surface area contributed by atoms with Crippen LogP contribution in [0.3, 0.4) is 0 Å². The van der Waals surface area contributed by atoms with Crippen LogP contribution in [0.1, 0.15) is 0 Å². The van der Waals surface area contributed by atoms with Crippen LogP contribution in [0, 0.1) is 0 Å². The molecule has 0 N–H and O–H groups in total. The average molecular weight is 659 g/mol. The van der Waals surface area contributed by atoms with Gasteiger partial charge < -0.3 is 0 Å². The zero-order valence-corrected chi connectivity index (χ0v) is 28.6. The molecule has 242 valence electrons. The lowest BCUT2D eigenvalue weighted by atomic mass is 9.87. The van der Waals surface area contributed by atoms with E-state index in [4.69, 9.17) is 0 Å². The van der Waals surface area contributed by atoms with Crippen LogP contribution in [0.5, 0.6) is 0 Å². The van der Waals surface area contributed by atoms with Gasteiger partial charge in [0.15, 0.2) is 0 Å². The summed E-state index contributed by atoms with van der Waals surface area (Å²) in [6.07, 6.45) is 0. The van der Waals surface area contributed by atoms with Gasteiger partial charge in [0.05, 0.1) is 0 Å². The van der Waals surface area contributed by atoms with Gasteiger partial charge in [-0.25, -0.2) is 0 Å². The van der Waals surface area contributed by atoms with Gasteiger partial charge in [0.1, 0.15) is 0 Å². The van der Waals surface area contributed by atoms with Gasteiger partial charge in [0.2, 0.25) is 0 Å². The maximum atomic E-state index is 2.39. The summed E-state index contributed by atoms with van der Waals surface area (Å²) in [6, 6.07) is 75.7. The molecule has 10 aromatic carbocycles. The van der Waals surface area contributed by atoms with Crippen LogP contribution < -0.4 is 0 Å². The van der Waals surface area contributed by atoms with Gasteiger partial charge in [-0.1, -0.05) is 182 Å². The highest BCUT2D eigenvalue weighted by Crippen LogP contribution is 2.41. The molecule has 0 aliphatic heterocycles. The third-order valence-corrected chi connectivity index (χ3v) is 10.6. The maximum absolute atomic E-state index is 2.39. The predicted molar refractivity (Wildman–Crippen MR) is 224 cm³/mol. The number of hydrogen-bond acceptors (Lipinski definition) is 0. The highest BCUT2D eigenvalue weighted by Gasteiger charge is 2.15. The Hall–Kier alpha value is -6.76. The summed E-state index contributed by atoms with van der Waals surface area (Å²) in [5.41, 5.74) is 12.2. The van der Waals surface area contributed by atoms with Gasteiger partial charge in [-0.15, -0.1) is 0 Å². The summed E-state index contributed by atoms with van der Waals surface area (Å²) in [6.45, 7) is 0. The van der Waals surface area contributed by atoms with Crippen LogP contribution in [0.25, 0.3) is 98.7 Å². The Morgan fingerprint density at radius 3 is 1.00 bits per heavy atom. The Kier molecular flexibility index (Phi) is 7.25. The van der Waals surface area contributed by atoms with Gasteiger partial charge in [-0.05, 0) is 123 Å². The van der Waals surface area contributed by atoms with E-state index in [-0.39, 0.29) is 0 Å². The molecule has 0 radical (unpaired) electrons. The Bertz CT molecular complexity index is 2930. The summed E-state index contributed by atoms with van der Waals surface area (Å²) < 4.78 is 0. The maximum Gasteiger partial charge on any atom is -0.00266 e. The molecule has 0 amide bonds. The first-order valence-corrected chi connectivity index (χ1v) is 18.0. The SMILES string of the molecule is c1ccc2cc(-c3ccc(-c4ccc5ccc(-c6ccc7ccccc7c6)c(-c6ccc(-c7ccc8ccccc8c7)cc6)c5c4)cc3)ccc2c1. The van der Waals surface area contributed by atoms with E-state index in [9.17, 15) is 0 Å². The van der Waals surface area contributed by atoms with Crippen molar-refractivity contribution in [3.8, 4) is 55.6 Å². The first-order valence-electron chi connectivity index (χ1n) is 18.0. The summed E-state index contributed by atoms with van der Waals surface area (Å²) in [5.74, 6) is 0. The van der Waals surface area contributed by atoms with Crippen molar-refractivity contribution in [2.24, 2.45) is 0 Å². The van der Waals surface area contributed by atoms with Crippen molar-refractivity contribution in [1.82, 2.24) is 0 Å². The predicted octanol–water partition coefficient (Wildman–Crippen LogP) is 14.6. The molecule has 0 unspecified atom stereocenters. The number of benzene rings is 10. The molecule has 0 atom stereocenters. The minimum Gasteiger partial charge on any atom is -0.0616 e. The third-order valence-electron chi connectivity index (χ3n) is 10.6. The van der Waals surface area contributed by atoms with Crippen LogP contribution in [-0.2, 0) is 0 Å². The molecule has 0 heteroatoms. The van der Waals surface area contributed by atoms with E-state index in [1.54, 1.807) is 0 Å². The number of hydrogen-bond donors (Lipinski definition) is 0. The van der Waals surface area contributed by atoms with Crippen molar-refractivity contribution in [3.05, 3.63) is 206 Å². The second kappa shape index (κ2) is 12.5. The second-order valence-corrected chi connectivity index (χ2v) is 13.8. The molecule has 0 saturated carbocycles. The zero-order valence-electron chi connectivity index (χ0n) is 28.6. The van der Waals surface area contributed by atoms with Crippen molar-refractivity contribution in [2.45, 2.75) is 0 Å². The molecule has 0 saturated heterocycles. The largest absolute Gasteiger partial charge is 0.0616 e. The second-order valence-electron chi connectivity index (χ2n) is 13.8. The van der Waals surface area contributed by atoms with Crippen molar-refractivity contribution in [1.29, 1.82) is 0 Å². The van der Waals surface area contributed by atoms with Crippen molar-refractivity contribution in [3.63, 3.8) is 0 Å². The van der Waals surface area contributed by atoms with E-state index in [2.05, 4.69) is 206 Å². The van der Waals surface area contributed by atoms with Crippen molar-refractivity contribution < 1.29 is 0 Å². The smallest absolute Gasteiger partial charge is 0.00266 e. The molecule has 10 rings (SSSR count). The molecule has 0 nitrogen and oxygen atoms in total. The van der Waals surface area contributed by atoms with Crippen LogP contribution >= 0.6 is 0 Å². The summed E-state index contributed by atoms with van der Waals surface area (Å²) in [7, 11) is 0. The molecule has 0 heterocycles. The molecule has 0 aliphatic carbocycles. The van der Waals surface area contributed by atoms with Crippen LogP contribution in [0.4, 0.5) is 0 Å². The molecular weight excluding hydrogens is 625 g/mol. The third kappa shape index (κ3) is 5.43. The van der Waals surface area contributed by atoms with E-state index in [0.29, 0.717) is 0 Å². The minimum atomic E-state index is 1.21. The van der Waals surface area contributed by atoms with E-state index in [1.807, 2.05) is 0 Å². The fourth-order valence-electron chi connectivity index (χ4n) is 7.83. The molecule has 10 aromatic rings. The average Bonchev–Trinajstić information content (AvgIpc) is 3.22. The lowest BCUT2D eigenvalue weighted by Crippen LogP contribution is -1.90. The van der Waals surface area contributed by atoms with Crippen LogP contribution in [0.15, 0.2) is 206 Å². The van der Waals surface area contributed by atoms with Crippen molar-refractivity contribution in [2.75, 3.05) is 0 Å². The van der Waals surface area contributed by atoms with E-state index in [0.717, 1.165) is 0 Å². The van der Waals surface area contributed by atoms with E-state index >= 15 is 0 Å². The number of fused-ring (bicyclic) bond motifs is 4. The first-order chi connectivity index (χ1) is 25.7. The summed E-state index contributed by atoms with van der Waals surface area (Å²) >= 11 is 0. The summed E-state index contributed by atoms with van der Waals surface area (Å²) in [4.78, 5) is 0. The van der Waals surface area contributed by atoms with Gasteiger partial charge in [0, 0.05) is 0 Å². The van der Waals surface area contributed by atoms with E-state index < -0.39 is 0 Å². The number of rotatable bonds is 5. The lowest BCUT2D eigenvalue weighted by molar-refractivity contribution is 1.59. The van der Waals surface area contributed by atoms with Gasteiger partial charge >= 0.3 is 0 Å². The first kappa shape index (κ1) is 30.1. The molecule has 0 aliphatic rings. The van der Waals surface area contributed by atoms with Gasteiger partial charge in [-0.2, -0.15) is 0 Å². The lowest BCUT2D eigenvalue weighted by Gasteiger charge is -2.17. The zero-order chi connectivity index (χ0) is 34.4. The highest BCUT2D eigenvalue weighted by molar-refractivity contribution is 6.06. The van der Waals surface area contributed by atoms with Gasteiger partial charge in [0.25, 0.3) is 0 Å². The molecule has 0 fully saturated rings. The fourth-order valence-corrected chi connectivity index (χ4v) is 7.83. The van der Waals surface area contributed by atoms with Gasteiger partial charge in [-0.3, -0.25) is 0 Å². The molecule has 0 spiro atoms. The Morgan fingerprint density at radius 2 is 0.519 bits per heavy atom. The highest BCUT2D eigenvalue weighted by atomic mass is 14.2. The van der Waals surface area contributed by atoms with Crippen LogP contribution in [-0.4, -0.2) is 0 Å². The fraction of sp³-hybridized carbons (Fsp3) is 0. The van der Waals surface area contributed by atoms with Crippen molar-refractivity contribution >= 4 is 43.1 Å². The molecule has 0 bridgehead atoms.